The van der Waals surface area contributed by atoms with E-state index >= 15 is 0 Å². The Bertz CT molecular complexity index is 680. The predicted octanol–water partition coefficient (Wildman–Crippen LogP) is 9.11. The van der Waals surface area contributed by atoms with Gasteiger partial charge in [-0.15, -0.1) is 0 Å². The number of thiocarbonyl (C=S) groups is 1. The van der Waals surface area contributed by atoms with Gasteiger partial charge in [-0.05, 0) is 130 Å². The van der Waals surface area contributed by atoms with Gasteiger partial charge in [-0.25, -0.2) is 0 Å². The van der Waals surface area contributed by atoms with Gasteiger partial charge in [-0.3, -0.25) is 0 Å². The zero-order valence-corrected chi connectivity index (χ0v) is 19.8. The van der Waals surface area contributed by atoms with Crippen LogP contribution in [0.4, 0.5) is 5.69 Å². The van der Waals surface area contributed by atoms with Gasteiger partial charge in [0.05, 0.1) is 10.8 Å². The molecule has 0 unspecified atom stereocenters. The summed E-state index contributed by atoms with van der Waals surface area (Å²) < 4.78 is 0. The van der Waals surface area contributed by atoms with Crippen molar-refractivity contribution in [3.8, 4) is 0 Å². The molecule has 3 aliphatic rings. The molecule has 0 heterocycles. The van der Waals surface area contributed by atoms with E-state index in [4.69, 9.17) is 12.2 Å². The van der Waals surface area contributed by atoms with Crippen molar-refractivity contribution in [3.63, 3.8) is 0 Å². The molecular formula is C28H41NS. The summed E-state index contributed by atoms with van der Waals surface area (Å²) in [5.41, 5.74) is 2.43. The van der Waals surface area contributed by atoms with Crippen LogP contribution in [0.25, 0.3) is 0 Å². The number of nitrogens with zero attached hydrogens (tertiary/aromatic N) is 1. The van der Waals surface area contributed by atoms with Crippen molar-refractivity contribution in [2.24, 2.45) is 34.6 Å². The Morgan fingerprint density at radius 3 is 1.67 bits per heavy atom. The van der Waals surface area contributed by atoms with Gasteiger partial charge in [-0.1, -0.05) is 44.7 Å². The Kier molecular flexibility index (Phi) is 8.19. The van der Waals surface area contributed by atoms with Crippen LogP contribution in [0.1, 0.15) is 108 Å². The van der Waals surface area contributed by atoms with Crippen LogP contribution in [0.15, 0.2) is 29.3 Å². The van der Waals surface area contributed by atoms with Gasteiger partial charge in [0.2, 0.25) is 0 Å². The lowest BCUT2D eigenvalue weighted by atomic mass is 9.64. The molecule has 2 heteroatoms. The molecule has 0 aromatic heterocycles. The Balaban J connectivity index is 1.20. The quantitative estimate of drug-likeness (QED) is 0.328. The molecule has 30 heavy (non-hydrogen) atoms. The zero-order chi connectivity index (χ0) is 20.8. The van der Waals surface area contributed by atoms with Crippen LogP contribution < -0.4 is 0 Å². The van der Waals surface area contributed by atoms with Gasteiger partial charge in [-0.2, -0.15) is 4.99 Å². The van der Waals surface area contributed by atoms with Gasteiger partial charge in [0, 0.05) is 0 Å². The number of hydrogen-bond donors (Lipinski definition) is 0. The van der Waals surface area contributed by atoms with Crippen LogP contribution >= 0.6 is 12.2 Å². The van der Waals surface area contributed by atoms with Gasteiger partial charge in [0.1, 0.15) is 0 Å². The van der Waals surface area contributed by atoms with Gasteiger partial charge in [0.15, 0.2) is 0 Å². The number of isothiocyanates is 1. The molecule has 0 atom stereocenters. The Morgan fingerprint density at radius 1 is 0.733 bits per heavy atom. The summed E-state index contributed by atoms with van der Waals surface area (Å²) >= 11 is 4.71. The molecule has 0 spiro atoms. The summed E-state index contributed by atoms with van der Waals surface area (Å²) in [4.78, 5) is 4.08. The number of aliphatic imine (C=N–C) groups is 1. The first kappa shape index (κ1) is 22.2. The van der Waals surface area contributed by atoms with Crippen LogP contribution in [-0.4, -0.2) is 5.16 Å². The minimum absolute atomic E-state index is 0.751. The maximum Gasteiger partial charge on any atom is 0.0739 e. The molecule has 1 aromatic rings. The highest BCUT2D eigenvalue weighted by atomic mass is 32.1. The lowest BCUT2D eigenvalue weighted by molar-refractivity contribution is 0.109. The third-order valence-corrected chi connectivity index (χ3v) is 9.14. The normalized spacial score (nSPS) is 34.8. The van der Waals surface area contributed by atoms with Crippen LogP contribution in [0.3, 0.4) is 0 Å². The third-order valence-electron chi connectivity index (χ3n) is 9.05. The summed E-state index contributed by atoms with van der Waals surface area (Å²) in [5, 5.41) is 2.46. The van der Waals surface area contributed by atoms with Gasteiger partial charge >= 0.3 is 0 Å². The van der Waals surface area contributed by atoms with E-state index in [0.29, 0.717) is 0 Å². The maximum atomic E-state index is 4.71. The van der Waals surface area contributed by atoms with Crippen molar-refractivity contribution in [2.45, 2.75) is 103 Å². The van der Waals surface area contributed by atoms with E-state index in [1.165, 1.54) is 82.6 Å². The average molecular weight is 424 g/mol. The molecule has 0 aliphatic heterocycles. The smallest absolute Gasteiger partial charge is 0.0739 e. The van der Waals surface area contributed by atoms with Gasteiger partial charge in [0.25, 0.3) is 0 Å². The molecule has 0 N–H and O–H groups in total. The molecule has 0 amide bonds. The molecule has 1 nitrogen and oxygen atoms in total. The first-order valence-corrected chi connectivity index (χ1v) is 13.4. The highest BCUT2D eigenvalue weighted by Crippen LogP contribution is 2.47. The van der Waals surface area contributed by atoms with E-state index in [1.807, 2.05) is 0 Å². The zero-order valence-electron chi connectivity index (χ0n) is 19.0. The Hall–Kier alpha value is -0.980. The average Bonchev–Trinajstić information content (AvgIpc) is 2.81. The summed E-state index contributed by atoms with van der Waals surface area (Å²) in [5.74, 6) is 5.97. The number of rotatable bonds is 6. The molecule has 1 aromatic carbocycles. The highest BCUT2D eigenvalue weighted by molar-refractivity contribution is 7.78. The van der Waals surface area contributed by atoms with Crippen LogP contribution in [0.5, 0.6) is 0 Å². The topological polar surface area (TPSA) is 12.4 Å². The van der Waals surface area contributed by atoms with Crippen LogP contribution in [0, 0.1) is 29.6 Å². The third kappa shape index (κ3) is 5.63. The van der Waals surface area contributed by atoms with E-state index < -0.39 is 0 Å². The number of hydrogen-bond acceptors (Lipinski definition) is 2. The van der Waals surface area contributed by atoms with Crippen molar-refractivity contribution in [1.82, 2.24) is 0 Å². The summed E-state index contributed by atoms with van der Waals surface area (Å²) in [6, 6.07) is 8.71. The molecule has 4 rings (SSSR count). The largest absolute Gasteiger partial charge is 0.195 e. The SMILES string of the molecule is CCCC1CCC(C2CCC(C3CCC(c4ccc(N=C=S)cc4)CC3)CC2)CC1. The second kappa shape index (κ2) is 11.1. The fourth-order valence-corrected chi connectivity index (χ4v) is 7.35. The van der Waals surface area contributed by atoms with E-state index in [9.17, 15) is 0 Å². The molecule has 164 valence electrons. The second-order valence-electron chi connectivity index (χ2n) is 10.7. The molecule has 3 aliphatic carbocycles. The van der Waals surface area contributed by atoms with E-state index in [0.717, 1.165) is 41.2 Å². The van der Waals surface area contributed by atoms with E-state index in [2.05, 4.69) is 41.3 Å². The first-order chi connectivity index (χ1) is 14.8. The monoisotopic (exact) mass is 423 g/mol. The van der Waals surface area contributed by atoms with Gasteiger partial charge < -0.3 is 0 Å². The van der Waals surface area contributed by atoms with Crippen LogP contribution in [0.2, 0.25) is 0 Å². The highest BCUT2D eigenvalue weighted by Gasteiger charge is 2.34. The molecule has 3 fully saturated rings. The van der Waals surface area contributed by atoms with Crippen molar-refractivity contribution < 1.29 is 0 Å². The lowest BCUT2D eigenvalue weighted by Gasteiger charge is -2.41. The van der Waals surface area contributed by atoms with Crippen LogP contribution in [-0.2, 0) is 0 Å². The molecule has 3 saturated carbocycles. The van der Waals surface area contributed by atoms with E-state index in [1.54, 1.807) is 12.8 Å². The molecule has 0 bridgehead atoms. The summed E-state index contributed by atoms with van der Waals surface area (Å²) in [6.45, 7) is 2.36. The van der Waals surface area contributed by atoms with Crippen molar-refractivity contribution in [2.75, 3.05) is 0 Å². The molecule has 0 radical (unpaired) electrons. The fraction of sp³-hybridized carbons (Fsp3) is 0.750. The standard InChI is InChI=1S/C28H41NS/c1-2-3-21-4-6-22(7-5-21)23-8-10-24(11-9-23)25-12-14-26(15-13-25)27-16-18-28(19-17-27)29-20-30/h16-19,21-26H,2-15H2,1H3. The molecular weight excluding hydrogens is 382 g/mol. The minimum atomic E-state index is 0.751. The number of benzene rings is 1. The van der Waals surface area contributed by atoms with Crippen molar-refractivity contribution >= 4 is 23.1 Å². The predicted molar refractivity (Wildman–Crippen MR) is 132 cm³/mol. The summed E-state index contributed by atoms with van der Waals surface area (Å²) in [6.07, 6.45) is 20.8. The minimum Gasteiger partial charge on any atom is -0.195 e. The first-order valence-electron chi connectivity index (χ1n) is 12.9. The summed E-state index contributed by atoms with van der Waals surface area (Å²) in [7, 11) is 0. The Labute approximate surface area is 190 Å². The second-order valence-corrected chi connectivity index (χ2v) is 10.8. The van der Waals surface area contributed by atoms with E-state index in [-0.39, 0.29) is 0 Å². The fourth-order valence-electron chi connectivity index (χ4n) is 7.24. The van der Waals surface area contributed by atoms with Crippen molar-refractivity contribution in [3.05, 3.63) is 29.8 Å². The maximum absolute atomic E-state index is 4.71. The lowest BCUT2D eigenvalue weighted by Crippen LogP contribution is -2.29. The Morgan fingerprint density at radius 2 is 1.20 bits per heavy atom. The van der Waals surface area contributed by atoms with Crippen molar-refractivity contribution in [1.29, 1.82) is 0 Å². The molecule has 0 saturated heterocycles.